The third kappa shape index (κ3) is 1.76. The molecule has 2 aromatic rings. The fourth-order valence-electron chi connectivity index (χ4n) is 1.53. The number of nitrogens with zero attached hydrogens (tertiary/aromatic N) is 1. The van der Waals surface area contributed by atoms with Gasteiger partial charge in [0, 0.05) is 17.1 Å². The maximum Gasteiger partial charge on any atom is 0.249 e. The van der Waals surface area contributed by atoms with E-state index in [1.54, 1.807) is 6.20 Å². The van der Waals surface area contributed by atoms with Gasteiger partial charge in [-0.05, 0) is 12.5 Å². The first-order valence-electron chi connectivity index (χ1n) is 4.49. The molecule has 0 saturated carbocycles. The minimum absolute atomic E-state index is 0.404. The van der Waals surface area contributed by atoms with Crippen molar-refractivity contribution in [2.75, 3.05) is 0 Å². The molecule has 0 bridgehead atoms. The van der Waals surface area contributed by atoms with Crippen molar-refractivity contribution in [2.45, 2.75) is 6.92 Å². The summed E-state index contributed by atoms with van der Waals surface area (Å²) in [6.45, 7) is 1.87. The van der Waals surface area contributed by atoms with Gasteiger partial charge in [0.1, 0.15) is 5.01 Å². The van der Waals surface area contributed by atoms with E-state index in [0.717, 1.165) is 16.1 Å². The van der Waals surface area contributed by atoms with Gasteiger partial charge in [0.15, 0.2) is 0 Å². The molecule has 0 atom stereocenters. The van der Waals surface area contributed by atoms with E-state index in [1.165, 1.54) is 11.3 Å². The predicted octanol–water partition coefficient (Wildman–Crippen LogP) is 2.22. The standard InChI is InChI=1S/C11H10N2OS/c1-7-3-2-4-8(9(7)10(12)14)11-13-5-6-15-11/h2-6H,1H3,(H2,12,14). The molecule has 0 aliphatic carbocycles. The number of amides is 1. The van der Waals surface area contributed by atoms with E-state index in [-0.39, 0.29) is 0 Å². The highest BCUT2D eigenvalue weighted by Crippen LogP contribution is 2.27. The van der Waals surface area contributed by atoms with Crippen molar-refractivity contribution in [2.24, 2.45) is 5.73 Å². The maximum absolute atomic E-state index is 11.3. The van der Waals surface area contributed by atoms with E-state index in [4.69, 9.17) is 5.73 Å². The fraction of sp³-hybridized carbons (Fsp3) is 0.0909. The molecule has 2 rings (SSSR count). The molecular formula is C11H10N2OS. The number of primary amides is 1. The lowest BCUT2D eigenvalue weighted by molar-refractivity contribution is 0.100. The van der Waals surface area contributed by atoms with Gasteiger partial charge in [0.05, 0.1) is 5.56 Å². The molecule has 76 valence electrons. The number of rotatable bonds is 2. The summed E-state index contributed by atoms with van der Waals surface area (Å²) in [5.74, 6) is -0.404. The van der Waals surface area contributed by atoms with Gasteiger partial charge in [-0.1, -0.05) is 18.2 Å². The summed E-state index contributed by atoms with van der Waals surface area (Å²) in [5, 5.41) is 2.70. The zero-order valence-electron chi connectivity index (χ0n) is 8.23. The summed E-state index contributed by atoms with van der Waals surface area (Å²) in [6, 6.07) is 5.64. The maximum atomic E-state index is 11.3. The van der Waals surface area contributed by atoms with Gasteiger partial charge < -0.3 is 5.73 Å². The van der Waals surface area contributed by atoms with E-state index >= 15 is 0 Å². The molecule has 0 spiro atoms. The normalized spacial score (nSPS) is 10.2. The zero-order valence-corrected chi connectivity index (χ0v) is 9.04. The van der Waals surface area contributed by atoms with E-state index in [9.17, 15) is 4.79 Å². The van der Waals surface area contributed by atoms with Gasteiger partial charge in [-0.2, -0.15) is 0 Å². The number of carbonyl (C=O) groups excluding carboxylic acids is 1. The van der Waals surface area contributed by atoms with Crippen LogP contribution in [0.2, 0.25) is 0 Å². The Bertz CT molecular complexity index is 491. The van der Waals surface area contributed by atoms with Crippen molar-refractivity contribution in [3.8, 4) is 10.6 Å². The Hall–Kier alpha value is -1.68. The molecule has 2 N–H and O–H groups in total. The van der Waals surface area contributed by atoms with Crippen LogP contribution in [0.5, 0.6) is 0 Å². The Morgan fingerprint density at radius 1 is 1.47 bits per heavy atom. The van der Waals surface area contributed by atoms with Crippen LogP contribution in [0.25, 0.3) is 10.6 Å². The lowest BCUT2D eigenvalue weighted by Gasteiger charge is -2.06. The molecule has 1 heterocycles. The fourth-order valence-corrected chi connectivity index (χ4v) is 2.20. The van der Waals surface area contributed by atoms with E-state index in [1.807, 2.05) is 30.5 Å². The molecule has 0 fully saturated rings. The number of carbonyl (C=O) groups is 1. The van der Waals surface area contributed by atoms with Crippen LogP contribution in [-0.4, -0.2) is 10.9 Å². The molecule has 0 aliphatic heterocycles. The first kappa shape index (κ1) is 9.86. The number of nitrogens with two attached hydrogens (primary N) is 1. The summed E-state index contributed by atoms with van der Waals surface area (Å²) < 4.78 is 0. The Balaban J connectivity index is 2.66. The molecule has 1 aromatic heterocycles. The van der Waals surface area contributed by atoms with Crippen LogP contribution >= 0.6 is 11.3 Å². The van der Waals surface area contributed by atoms with Crippen molar-refractivity contribution in [3.63, 3.8) is 0 Å². The minimum Gasteiger partial charge on any atom is -0.366 e. The molecule has 0 aliphatic rings. The van der Waals surface area contributed by atoms with Gasteiger partial charge >= 0.3 is 0 Å². The summed E-state index contributed by atoms with van der Waals surface area (Å²) in [7, 11) is 0. The van der Waals surface area contributed by atoms with Gasteiger partial charge in [-0.15, -0.1) is 11.3 Å². The molecule has 4 heteroatoms. The lowest BCUT2D eigenvalue weighted by Crippen LogP contribution is -2.14. The second kappa shape index (κ2) is 3.82. The molecule has 0 radical (unpaired) electrons. The number of aryl methyl sites for hydroxylation is 1. The molecule has 1 aromatic carbocycles. The largest absolute Gasteiger partial charge is 0.366 e. The highest BCUT2D eigenvalue weighted by Gasteiger charge is 2.13. The van der Waals surface area contributed by atoms with Crippen LogP contribution in [0.3, 0.4) is 0 Å². The van der Waals surface area contributed by atoms with Gasteiger partial charge in [0.2, 0.25) is 5.91 Å². The molecule has 15 heavy (non-hydrogen) atoms. The second-order valence-electron chi connectivity index (χ2n) is 3.20. The molecule has 0 unspecified atom stereocenters. The van der Waals surface area contributed by atoms with Crippen molar-refractivity contribution in [1.82, 2.24) is 4.98 Å². The third-order valence-corrected chi connectivity index (χ3v) is 2.99. The average molecular weight is 218 g/mol. The Kier molecular flexibility index (Phi) is 2.51. The SMILES string of the molecule is Cc1cccc(-c2nccs2)c1C(N)=O. The number of aromatic nitrogens is 1. The number of thiazole rings is 1. The molecule has 1 amide bonds. The first-order chi connectivity index (χ1) is 7.20. The Morgan fingerprint density at radius 3 is 2.87 bits per heavy atom. The highest BCUT2D eigenvalue weighted by molar-refractivity contribution is 7.13. The number of hydrogen-bond acceptors (Lipinski definition) is 3. The van der Waals surface area contributed by atoms with E-state index in [2.05, 4.69) is 4.98 Å². The van der Waals surface area contributed by atoms with Crippen molar-refractivity contribution >= 4 is 17.2 Å². The van der Waals surface area contributed by atoms with Gasteiger partial charge in [0.25, 0.3) is 0 Å². The topological polar surface area (TPSA) is 56.0 Å². The molecule has 0 saturated heterocycles. The van der Waals surface area contributed by atoms with E-state index < -0.39 is 5.91 Å². The third-order valence-electron chi connectivity index (χ3n) is 2.18. The monoisotopic (exact) mass is 218 g/mol. The van der Waals surface area contributed by atoms with E-state index in [0.29, 0.717) is 5.56 Å². The van der Waals surface area contributed by atoms with Gasteiger partial charge in [-0.3, -0.25) is 4.79 Å². The first-order valence-corrected chi connectivity index (χ1v) is 5.37. The van der Waals surface area contributed by atoms with Crippen LogP contribution in [0.15, 0.2) is 29.8 Å². The Labute approximate surface area is 91.6 Å². The van der Waals surface area contributed by atoms with Crippen LogP contribution in [0.4, 0.5) is 0 Å². The summed E-state index contributed by atoms with van der Waals surface area (Å²) in [6.07, 6.45) is 1.72. The lowest BCUT2D eigenvalue weighted by atomic mass is 10.0. The zero-order chi connectivity index (χ0) is 10.8. The van der Waals surface area contributed by atoms with Crippen LogP contribution in [-0.2, 0) is 0 Å². The van der Waals surface area contributed by atoms with Crippen molar-refractivity contribution in [3.05, 3.63) is 40.9 Å². The highest BCUT2D eigenvalue weighted by atomic mass is 32.1. The van der Waals surface area contributed by atoms with Crippen LogP contribution < -0.4 is 5.73 Å². The van der Waals surface area contributed by atoms with Crippen molar-refractivity contribution in [1.29, 1.82) is 0 Å². The quantitative estimate of drug-likeness (QED) is 0.840. The molecule has 3 nitrogen and oxygen atoms in total. The van der Waals surface area contributed by atoms with Crippen molar-refractivity contribution < 1.29 is 4.79 Å². The summed E-state index contributed by atoms with van der Waals surface area (Å²) in [4.78, 5) is 15.5. The second-order valence-corrected chi connectivity index (χ2v) is 4.09. The summed E-state index contributed by atoms with van der Waals surface area (Å²) in [5.41, 5.74) is 7.62. The Morgan fingerprint density at radius 2 is 2.27 bits per heavy atom. The predicted molar refractivity (Wildman–Crippen MR) is 60.8 cm³/mol. The van der Waals surface area contributed by atoms with Gasteiger partial charge in [-0.25, -0.2) is 4.98 Å². The average Bonchev–Trinajstić information content (AvgIpc) is 2.69. The summed E-state index contributed by atoms with van der Waals surface area (Å²) >= 11 is 1.50. The van der Waals surface area contributed by atoms with Crippen LogP contribution in [0.1, 0.15) is 15.9 Å². The minimum atomic E-state index is -0.404. The van der Waals surface area contributed by atoms with Crippen LogP contribution in [0, 0.1) is 6.92 Å². The smallest absolute Gasteiger partial charge is 0.249 e. The molecular weight excluding hydrogens is 208 g/mol. The number of benzene rings is 1. The number of hydrogen-bond donors (Lipinski definition) is 1.